The molecule has 3 aliphatic rings. The number of nitrogens with one attached hydrogen (secondary N) is 1. The topological polar surface area (TPSA) is 107 Å². The monoisotopic (exact) mass is 475 g/mol. The minimum absolute atomic E-state index is 0.171. The van der Waals surface area contributed by atoms with Gasteiger partial charge in [0.05, 0.1) is 11.4 Å². The zero-order valence-corrected chi connectivity index (χ0v) is 18.8. The first-order valence-corrected chi connectivity index (χ1v) is 12.2. The Balaban J connectivity index is 1.16. The first-order chi connectivity index (χ1) is 16.0. The molecule has 1 saturated heterocycles. The van der Waals surface area contributed by atoms with E-state index in [9.17, 15) is 13.2 Å². The number of ether oxygens (including phenoxy) is 4. The van der Waals surface area contributed by atoms with Crippen LogP contribution in [0.15, 0.2) is 41.3 Å². The molecule has 0 saturated carbocycles. The molecule has 0 bridgehead atoms. The molecule has 3 heterocycles. The Hall–Kier alpha value is -3.02. The number of anilines is 1. The lowest BCUT2D eigenvalue weighted by molar-refractivity contribution is -0.117. The third kappa shape index (κ3) is 4.70. The highest BCUT2D eigenvalue weighted by molar-refractivity contribution is 7.89. The van der Waals surface area contributed by atoms with E-state index < -0.39 is 10.0 Å². The van der Waals surface area contributed by atoms with E-state index in [0.29, 0.717) is 81.3 Å². The van der Waals surface area contributed by atoms with Crippen molar-refractivity contribution in [3.8, 4) is 23.0 Å². The number of fused-ring (bicyclic) bond motifs is 2. The highest BCUT2D eigenvalue weighted by Gasteiger charge is 2.30. The smallest absolute Gasteiger partial charge is 0.243 e. The largest absolute Gasteiger partial charge is 0.486 e. The molecule has 3 aliphatic heterocycles. The Kier molecular flexibility index (Phi) is 6.00. The second-order valence-electron chi connectivity index (χ2n) is 7.89. The molecule has 5 rings (SSSR count). The molecule has 2 aromatic rings. The van der Waals surface area contributed by atoms with E-state index in [2.05, 4.69) is 5.32 Å². The van der Waals surface area contributed by atoms with Gasteiger partial charge in [-0.15, -0.1) is 0 Å². The normalized spacial score (nSPS) is 18.5. The fraction of sp³-hybridized carbons (Fsp3) is 0.409. The molecule has 0 spiro atoms. The second kappa shape index (κ2) is 9.08. The number of nitrogens with zero attached hydrogens (tertiary/aromatic N) is 2. The second-order valence-corrected chi connectivity index (χ2v) is 9.83. The molecule has 0 unspecified atom stereocenters. The molecule has 0 aromatic heterocycles. The van der Waals surface area contributed by atoms with Crippen molar-refractivity contribution in [2.75, 3.05) is 64.5 Å². The summed E-state index contributed by atoms with van der Waals surface area (Å²) in [7, 11) is -3.66. The lowest BCUT2D eigenvalue weighted by Crippen LogP contribution is -2.50. The molecule has 1 fully saturated rings. The maximum atomic E-state index is 13.1. The predicted molar refractivity (Wildman–Crippen MR) is 119 cm³/mol. The van der Waals surface area contributed by atoms with Crippen molar-refractivity contribution in [3.63, 3.8) is 0 Å². The van der Waals surface area contributed by atoms with E-state index in [1.165, 1.54) is 16.4 Å². The Bertz CT molecular complexity index is 1150. The van der Waals surface area contributed by atoms with Crippen LogP contribution in [0.5, 0.6) is 23.0 Å². The summed E-state index contributed by atoms with van der Waals surface area (Å²) in [5.41, 5.74) is 0.629. The average molecular weight is 476 g/mol. The van der Waals surface area contributed by atoms with Crippen LogP contribution in [0.1, 0.15) is 0 Å². The highest BCUT2D eigenvalue weighted by Crippen LogP contribution is 2.34. The first kappa shape index (κ1) is 21.8. The Labute approximate surface area is 192 Å². The van der Waals surface area contributed by atoms with Crippen LogP contribution in [-0.4, -0.2) is 82.7 Å². The summed E-state index contributed by atoms with van der Waals surface area (Å²) in [4.78, 5) is 14.6. The fourth-order valence-electron chi connectivity index (χ4n) is 3.99. The van der Waals surface area contributed by atoms with Gasteiger partial charge in [-0.1, -0.05) is 0 Å². The van der Waals surface area contributed by atoms with Crippen LogP contribution < -0.4 is 24.3 Å². The van der Waals surface area contributed by atoms with E-state index >= 15 is 0 Å². The minimum atomic E-state index is -3.66. The molecular formula is C22H25N3O7S. The van der Waals surface area contributed by atoms with Crippen LogP contribution in [-0.2, 0) is 14.8 Å². The third-order valence-electron chi connectivity index (χ3n) is 5.68. The van der Waals surface area contributed by atoms with Crippen molar-refractivity contribution in [2.24, 2.45) is 0 Å². The van der Waals surface area contributed by atoms with Crippen molar-refractivity contribution >= 4 is 21.6 Å². The van der Waals surface area contributed by atoms with E-state index in [1.54, 1.807) is 24.3 Å². The number of carbonyl (C=O) groups excluding carboxylic acids is 1. The number of piperazine rings is 1. The number of amides is 1. The van der Waals surface area contributed by atoms with Gasteiger partial charge < -0.3 is 24.3 Å². The summed E-state index contributed by atoms with van der Waals surface area (Å²) >= 11 is 0. The van der Waals surface area contributed by atoms with E-state index in [4.69, 9.17) is 18.9 Å². The molecule has 0 aliphatic carbocycles. The van der Waals surface area contributed by atoms with Crippen LogP contribution in [0.4, 0.5) is 5.69 Å². The summed E-state index contributed by atoms with van der Waals surface area (Å²) in [6.45, 7) is 3.51. The van der Waals surface area contributed by atoms with Crippen LogP contribution in [0, 0.1) is 0 Å². The van der Waals surface area contributed by atoms with Gasteiger partial charge >= 0.3 is 0 Å². The van der Waals surface area contributed by atoms with Gasteiger partial charge in [-0.25, -0.2) is 8.42 Å². The number of sulfonamides is 1. The summed E-state index contributed by atoms with van der Waals surface area (Å²) in [5, 5.41) is 2.86. The Morgan fingerprint density at radius 3 is 2.03 bits per heavy atom. The van der Waals surface area contributed by atoms with Gasteiger partial charge in [-0.05, 0) is 24.3 Å². The van der Waals surface area contributed by atoms with Gasteiger partial charge in [0.2, 0.25) is 15.9 Å². The number of carbonyl (C=O) groups is 1. The van der Waals surface area contributed by atoms with Crippen molar-refractivity contribution in [1.29, 1.82) is 0 Å². The molecular weight excluding hydrogens is 450 g/mol. The first-order valence-electron chi connectivity index (χ1n) is 10.8. The molecule has 0 radical (unpaired) electrons. The molecule has 2 aromatic carbocycles. The number of hydrogen-bond acceptors (Lipinski definition) is 8. The quantitative estimate of drug-likeness (QED) is 0.687. The Morgan fingerprint density at radius 2 is 1.36 bits per heavy atom. The molecule has 176 valence electrons. The van der Waals surface area contributed by atoms with Gasteiger partial charge in [0, 0.05) is 44.0 Å². The number of rotatable bonds is 5. The maximum absolute atomic E-state index is 13.1. The van der Waals surface area contributed by atoms with Crippen molar-refractivity contribution < 1.29 is 32.2 Å². The summed E-state index contributed by atoms with van der Waals surface area (Å²) in [6.07, 6.45) is 0. The number of hydrogen-bond donors (Lipinski definition) is 1. The van der Waals surface area contributed by atoms with Crippen molar-refractivity contribution in [3.05, 3.63) is 36.4 Å². The fourth-order valence-corrected chi connectivity index (χ4v) is 5.42. The average Bonchev–Trinajstić information content (AvgIpc) is 2.84. The van der Waals surface area contributed by atoms with E-state index in [-0.39, 0.29) is 17.3 Å². The summed E-state index contributed by atoms with van der Waals surface area (Å²) in [5.74, 6) is 2.09. The van der Waals surface area contributed by atoms with Crippen molar-refractivity contribution in [1.82, 2.24) is 9.21 Å². The zero-order valence-electron chi connectivity index (χ0n) is 18.0. The van der Waals surface area contributed by atoms with Gasteiger partial charge in [0.25, 0.3) is 0 Å². The van der Waals surface area contributed by atoms with Crippen molar-refractivity contribution in [2.45, 2.75) is 4.90 Å². The van der Waals surface area contributed by atoms with Crippen LogP contribution in [0.25, 0.3) is 0 Å². The zero-order chi connectivity index (χ0) is 22.8. The maximum Gasteiger partial charge on any atom is 0.243 e. The van der Waals surface area contributed by atoms with E-state index in [0.717, 1.165) is 0 Å². The van der Waals surface area contributed by atoms with Gasteiger partial charge in [0.15, 0.2) is 23.0 Å². The van der Waals surface area contributed by atoms with Crippen LogP contribution in [0.3, 0.4) is 0 Å². The highest BCUT2D eigenvalue weighted by atomic mass is 32.2. The number of benzene rings is 2. The standard InChI is InChI=1S/C22H25N3O7S/c26-22(23-16-1-3-18-20(13-16)31-11-9-29-18)15-24-5-7-25(8-6-24)33(27,28)17-2-4-19-21(14-17)32-12-10-30-19/h1-4,13-14H,5-12,15H2,(H,23,26). The minimum Gasteiger partial charge on any atom is -0.486 e. The van der Waals surface area contributed by atoms with Gasteiger partial charge in [-0.3, -0.25) is 9.69 Å². The van der Waals surface area contributed by atoms with Crippen LogP contribution in [0.2, 0.25) is 0 Å². The molecule has 10 nitrogen and oxygen atoms in total. The van der Waals surface area contributed by atoms with Gasteiger partial charge in [-0.2, -0.15) is 4.31 Å². The van der Waals surface area contributed by atoms with Crippen LogP contribution >= 0.6 is 0 Å². The summed E-state index contributed by atoms with van der Waals surface area (Å²) < 4.78 is 49.6. The molecule has 1 amide bonds. The SMILES string of the molecule is O=C(CN1CCN(S(=O)(=O)c2ccc3c(c2)OCCO3)CC1)Nc1ccc2c(c1)OCCO2. The summed E-state index contributed by atoms with van der Waals surface area (Å²) in [6, 6.07) is 9.95. The lowest BCUT2D eigenvalue weighted by Gasteiger charge is -2.33. The Morgan fingerprint density at radius 1 is 0.788 bits per heavy atom. The molecule has 11 heteroatoms. The third-order valence-corrected chi connectivity index (χ3v) is 7.57. The lowest BCUT2D eigenvalue weighted by atomic mass is 10.2. The molecule has 1 N–H and O–H groups in total. The molecule has 33 heavy (non-hydrogen) atoms. The van der Waals surface area contributed by atoms with Gasteiger partial charge in [0.1, 0.15) is 26.4 Å². The predicted octanol–water partition coefficient (Wildman–Crippen LogP) is 1.17. The molecule has 0 atom stereocenters. The van der Waals surface area contributed by atoms with E-state index in [1.807, 2.05) is 4.90 Å².